The largest absolute Gasteiger partial charge is 0.328 e. The molecule has 0 radical (unpaired) electrons. The van der Waals surface area contributed by atoms with E-state index in [2.05, 4.69) is 49.1 Å². The second kappa shape index (κ2) is 8.26. The molecule has 1 aliphatic heterocycles. The Kier molecular flexibility index (Phi) is 6.90. The molecule has 0 aliphatic carbocycles. The lowest BCUT2D eigenvalue weighted by atomic mass is 10.1. The summed E-state index contributed by atoms with van der Waals surface area (Å²) in [5.74, 6) is 0. The number of hydrogen-bond donors (Lipinski definition) is 1. The molecule has 2 nitrogen and oxygen atoms in total. The average Bonchev–Trinajstić information content (AvgIpc) is 2.35. The highest BCUT2D eigenvalue weighted by atomic mass is 15.1. The summed E-state index contributed by atoms with van der Waals surface area (Å²) in [4.78, 5) is 2.48. The van der Waals surface area contributed by atoms with Gasteiger partial charge in [0, 0.05) is 14.0 Å². The van der Waals surface area contributed by atoms with E-state index in [9.17, 15) is 0 Å². The quantitative estimate of drug-likeness (QED) is 0.854. The smallest absolute Gasteiger partial charge is 0.0233 e. The van der Waals surface area contributed by atoms with E-state index in [1.165, 1.54) is 12.0 Å². The molecule has 0 aromatic heterocycles. The molecule has 0 unspecified atom stereocenters. The van der Waals surface area contributed by atoms with E-state index in [0.29, 0.717) is 6.04 Å². The van der Waals surface area contributed by atoms with Gasteiger partial charge in [0.25, 0.3) is 0 Å². The first kappa shape index (κ1) is 14.2. The SMILES string of the molecule is CCC.NC1CCN(Cc2ccccc2)CC1.[HH]. The van der Waals surface area contributed by atoms with Gasteiger partial charge >= 0.3 is 0 Å². The summed E-state index contributed by atoms with van der Waals surface area (Å²) < 4.78 is 0. The molecule has 1 aliphatic rings. The Labute approximate surface area is 107 Å². The Hall–Kier alpha value is -0.860. The molecule has 2 heteroatoms. The summed E-state index contributed by atoms with van der Waals surface area (Å²) in [6.07, 6.45) is 3.54. The molecule has 1 heterocycles. The lowest BCUT2D eigenvalue weighted by Crippen LogP contribution is -2.39. The second-order valence-electron chi connectivity index (χ2n) is 4.81. The van der Waals surface area contributed by atoms with Crippen molar-refractivity contribution in [1.29, 1.82) is 0 Å². The normalized spacial score (nSPS) is 17.4. The predicted molar refractivity (Wildman–Crippen MR) is 77.0 cm³/mol. The minimum absolute atomic E-state index is 0. The third kappa shape index (κ3) is 5.85. The van der Waals surface area contributed by atoms with Crippen LogP contribution < -0.4 is 5.73 Å². The van der Waals surface area contributed by atoms with Crippen LogP contribution in [-0.2, 0) is 6.54 Å². The Balaban J connectivity index is 0.000000660. The van der Waals surface area contributed by atoms with Crippen LogP contribution >= 0.6 is 0 Å². The van der Waals surface area contributed by atoms with Gasteiger partial charge in [0.05, 0.1) is 0 Å². The fraction of sp³-hybridized carbons (Fsp3) is 0.600. The zero-order valence-electron chi connectivity index (χ0n) is 11.2. The van der Waals surface area contributed by atoms with Crippen molar-refractivity contribution in [2.45, 2.75) is 45.7 Å². The first-order valence-corrected chi connectivity index (χ1v) is 6.78. The first-order chi connectivity index (χ1) is 8.26. The molecule has 17 heavy (non-hydrogen) atoms. The van der Waals surface area contributed by atoms with Crippen LogP contribution in [0.1, 0.15) is 40.1 Å². The van der Waals surface area contributed by atoms with Crippen LogP contribution in [0.2, 0.25) is 0 Å². The maximum atomic E-state index is 5.86. The number of piperidine rings is 1. The summed E-state index contributed by atoms with van der Waals surface area (Å²) >= 11 is 0. The summed E-state index contributed by atoms with van der Waals surface area (Å²) in [5.41, 5.74) is 7.27. The van der Waals surface area contributed by atoms with E-state index in [-0.39, 0.29) is 1.43 Å². The molecule has 1 aromatic carbocycles. The van der Waals surface area contributed by atoms with Crippen molar-refractivity contribution in [3.63, 3.8) is 0 Å². The first-order valence-electron chi connectivity index (χ1n) is 6.78. The third-order valence-electron chi connectivity index (χ3n) is 2.88. The number of benzene rings is 1. The molecule has 1 saturated heterocycles. The van der Waals surface area contributed by atoms with Gasteiger partial charge < -0.3 is 5.73 Å². The highest BCUT2D eigenvalue weighted by Crippen LogP contribution is 2.11. The van der Waals surface area contributed by atoms with Gasteiger partial charge in [-0.2, -0.15) is 0 Å². The fourth-order valence-corrected chi connectivity index (χ4v) is 1.95. The van der Waals surface area contributed by atoms with E-state index in [4.69, 9.17) is 5.73 Å². The van der Waals surface area contributed by atoms with Crippen LogP contribution in [0.4, 0.5) is 0 Å². The molecule has 1 fully saturated rings. The Morgan fingerprint density at radius 3 is 2.24 bits per heavy atom. The van der Waals surface area contributed by atoms with E-state index >= 15 is 0 Å². The lowest BCUT2D eigenvalue weighted by molar-refractivity contribution is 0.205. The zero-order chi connectivity index (χ0) is 12.5. The van der Waals surface area contributed by atoms with E-state index < -0.39 is 0 Å². The fourth-order valence-electron chi connectivity index (χ4n) is 1.95. The summed E-state index contributed by atoms with van der Waals surface area (Å²) in [7, 11) is 0. The molecule has 0 saturated carbocycles. The van der Waals surface area contributed by atoms with E-state index in [0.717, 1.165) is 32.5 Å². The van der Waals surface area contributed by atoms with E-state index in [1.807, 2.05) is 0 Å². The summed E-state index contributed by atoms with van der Waals surface area (Å²) in [6, 6.07) is 11.1. The van der Waals surface area contributed by atoms with Crippen LogP contribution in [-0.4, -0.2) is 24.0 Å². The molecule has 0 atom stereocenters. The van der Waals surface area contributed by atoms with Crippen molar-refractivity contribution in [2.75, 3.05) is 13.1 Å². The van der Waals surface area contributed by atoms with Crippen LogP contribution in [0.15, 0.2) is 30.3 Å². The molecule has 1 aromatic rings. The molecule has 98 valence electrons. The van der Waals surface area contributed by atoms with Crippen molar-refractivity contribution in [2.24, 2.45) is 5.73 Å². The third-order valence-corrected chi connectivity index (χ3v) is 2.88. The average molecular weight is 236 g/mol. The van der Waals surface area contributed by atoms with Crippen molar-refractivity contribution in [3.05, 3.63) is 35.9 Å². The van der Waals surface area contributed by atoms with Crippen LogP contribution in [0.3, 0.4) is 0 Å². The standard InChI is InChI=1S/C12H18N2.C3H8.H2/c13-12-6-8-14(9-7-12)10-11-4-2-1-3-5-11;1-3-2;/h1-5,12H,6-10,13H2;3H2,1-2H3;1H. The van der Waals surface area contributed by atoms with Crippen molar-refractivity contribution in [1.82, 2.24) is 4.90 Å². The molecular formula is C15H28N2. The highest BCUT2D eigenvalue weighted by Gasteiger charge is 2.15. The zero-order valence-corrected chi connectivity index (χ0v) is 11.2. The Bertz CT molecular complexity index is 282. The molecule has 0 amide bonds. The van der Waals surface area contributed by atoms with Gasteiger partial charge in [0.2, 0.25) is 0 Å². The van der Waals surface area contributed by atoms with Crippen LogP contribution in [0.5, 0.6) is 0 Å². The Morgan fingerprint density at radius 2 is 1.71 bits per heavy atom. The summed E-state index contributed by atoms with van der Waals surface area (Å²) in [6.45, 7) is 7.62. The molecule has 2 N–H and O–H groups in total. The van der Waals surface area contributed by atoms with Crippen LogP contribution in [0.25, 0.3) is 0 Å². The van der Waals surface area contributed by atoms with Gasteiger partial charge in [0.1, 0.15) is 0 Å². The van der Waals surface area contributed by atoms with Crippen molar-refractivity contribution >= 4 is 0 Å². The second-order valence-corrected chi connectivity index (χ2v) is 4.81. The van der Waals surface area contributed by atoms with Crippen molar-refractivity contribution in [3.8, 4) is 0 Å². The van der Waals surface area contributed by atoms with Gasteiger partial charge in [-0.15, -0.1) is 0 Å². The number of nitrogens with zero attached hydrogens (tertiary/aromatic N) is 1. The maximum absolute atomic E-state index is 5.86. The van der Waals surface area contributed by atoms with Gasteiger partial charge in [-0.1, -0.05) is 50.6 Å². The molecule has 0 bridgehead atoms. The van der Waals surface area contributed by atoms with Crippen LogP contribution in [0, 0.1) is 0 Å². The number of hydrogen-bond acceptors (Lipinski definition) is 2. The molecule has 0 spiro atoms. The topological polar surface area (TPSA) is 29.3 Å². The number of rotatable bonds is 2. The number of nitrogens with two attached hydrogens (primary N) is 1. The maximum Gasteiger partial charge on any atom is 0.0233 e. The van der Waals surface area contributed by atoms with Gasteiger partial charge in [-0.25, -0.2) is 0 Å². The monoisotopic (exact) mass is 236 g/mol. The van der Waals surface area contributed by atoms with E-state index in [1.54, 1.807) is 0 Å². The minimum atomic E-state index is 0. The van der Waals surface area contributed by atoms with Gasteiger partial charge in [-0.3, -0.25) is 4.90 Å². The molecular weight excluding hydrogens is 208 g/mol. The lowest BCUT2D eigenvalue weighted by Gasteiger charge is -2.29. The van der Waals surface area contributed by atoms with Gasteiger partial charge in [0.15, 0.2) is 0 Å². The summed E-state index contributed by atoms with van der Waals surface area (Å²) in [5, 5.41) is 0. The predicted octanol–water partition coefficient (Wildman–Crippen LogP) is 3.27. The van der Waals surface area contributed by atoms with Gasteiger partial charge in [-0.05, 0) is 31.5 Å². The Morgan fingerprint density at radius 1 is 1.18 bits per heavy atom. The highest BCUT2D eigenvalue weighted by molar-refractivity contribution is 5.14. The minimum Gasteiger partial charge on any atom is -0.328 e. The molecule has 2 rings (SSSR count). The number of likely N-dealkylation sites (tertiary alicyclic amines) is 1. The van der Waals surface area contributed by atoms with Crippen molar-refractivity contribution < 1.29 is 1.43 Å².